The van der Waals surface area contributed by atoms with Gasteiger partial charge in [0.25, 0.3) is 0 Å². The van der Waals surface area contributed by atoms with Gasteiger partial charge in [-0.2, -0.15) is 0 Å². The minimum Gasteiger partial charge on any atom is -0.507 e. The molecule has 0 atom stereocenters. The SMILES string of the molecule is O=Cc1ccc(CN2CCOCC2)cc1O. The third kappa shape index (κ3) is 2.59. The van der Waals surface area contributed by atoms with E-state index in [0.717, 1.165) is 38.4 Å². The monoisotopic (exact) mass is 221 g/mol. The number of carbonyl (C=O) groups is 1. The third-order valence-corrected chi connectivity index (χ3v) is 2.73. The normalized spacial score (nSPS) is 17.2. The number of ether oxygens (including phenoxy) is 1. The number of rotatable bonds is 3. The number of carbonyl (C=O) groups excluding carboxylic acids is 1. The van der Waals surface area contributed by atoms with Gasteiger partial charge in [-0.1, -0.05) is 6.07 Å². The molecule has 0 amide bonds. The Balaban J connectivity index is 2.03. The van der Waals surface area contributed by atoms with Crippen LogP contribution in [0.15, 0.2) is 18.2 Å². The van der Waals surface area contributed by atoms with Crippen LogP contribution in [0.5, 0.6) is 5.75 Å². The molecule has 0 radical (unpaired) electrons. The van der Waals surface area contributed by atoms with Gasteiger partial charge < -0.3 is 9.84 Å². The van der Waals surface area contributed by atoms with Crippen LogP contribution < -0.4 is 0 Å². The highest BCUT2D eigenvalue weighted by atomic mass is 16.5. The number of morpholine rings is 1. The predicted molar refractivity (Wildman–Crippen MR) is 59.6 cm³/mol. The molecular formula is C12H15NO3. The first kappa shape index (κ1) is 11.1. The average Bonchev–Trinajstić information content (AvgIpc) is 2.31. The summed E-state index contributed by atoms with van der Waals surface area (Å²) in [7, 11) is 0. The van der Waals surface area contributed by atoms with Gasteiger partial charge in [-0.25, -0.2) is 0 Å². The number of aldehydes is 1. The molecule has 0 unspecified atom stereocenters. The lowest BCUT2D eigenvalue weighted by molar-refractivity contribution is 0.0342. The number of hydrogen-bond donors (Lipinski definition) is 1. The molecule has 2 rings (SSSR count). The average molecular weight is 221 g/mol. The van der Waals surface area contributed by atoms with Crippen LogP contribution in [0.25, 0.3) is 0 Å². The Morgan fingerprint density at radius 1 is 1.38 bits per heavy atom. The third-order valence-electron chi connectivity index (χ3n) is 2.73. The van der Waals surface area contributed by atoms with Gasteiger partial charge in [0.05, 0.1) is 18.8 Å². The molecule has 86 valence electrons. The van der Waals surface area contributed by atoms with Crippen LogP contribution in [0.1, 0.15) is 15.9 Å². The van der Waals surface area contributed by atoms with Crippen molar-refractivity contribution in [1.82, 2.24) is 4.90 Å². The number of aromatic hydroxyl groups is 1. The molecule has 16 heavy (non-hydrogen) atoms. The Morgan fingerprint density at radius 3 is 2.75 bits per heavy atom. The van der Waals surface area contributed by atoms with Crippen molar-refractivity contribution in [2.24, 2.45) is 0 Å². The summed E-state index contributed by atoms with van der Waals surface area (Å²) < 4.78 is 5.26. The Bertz CT molecular complexity index is 373. The maximum Gasteiger partial charge on any atom is 0.153 e. The predicted octanol–water partition coefficient (Wildman–Crippen LogP) is 1.04. The fourth-order valence-electron chi connectivity index (χ4n) is 1.80. The summed E-state index contributed by atoms with van der Waals surface area (Å²) in [6.45, 7) is 4.14. The molecule has 1 aromatic carbocycles. The van der Waals surface area contributed by atoms with Crippen molar-refractivity contribution in [3.63, 3.8) is 0 Å². The molecule has 1 fully saturated rings. The van der Waals surface area contributed by atoms with E-state index in [0.29, 0.717) is 11.8 Å². The molecule has 4 heteroatoms. The Labute approximate surface area is 94.4 Å². The van der Waals surface area contributed by atoms with Crippen molar-refractivity contribution in [3.05, 3.63) is 29.3 Å². The zero-order valence-corrected chi connectivity index (χ0v) is 9.06. The first-order valence-electron chi connectivity index (χ1n) is 5.37. The number of benzene rings is 1. The van der Waals surface area contributed by atoms with Gasteiger partial charge in [-0.05, 0) is 17.7 Å². The molecule has 0 aromatic heterocycles. The molecule has 0 spiro atoms. The first-order valence-corrected chi connectivity index (χ1v) is 5.37. The molecule has 0 saturated carbocycles. The van der Waals surface area contributed by atoms with Crippen molar-refractivity contribution in [2.45, 2.75) is 6.54 Å². The summed E-state index contributed by atoms with van der Waals surface area (Å²) in [4.78, 5) is 12.8. The van der Waals surface area contributed by atoms with Crippen LogP contribution in [0.2, 0.25) is 0 Å². The molecular weight excluding hydrogens is 206 g/mol. The molecule has 1 N–H and O–H groups in total. The largest absolute Gasteiger partial charge is 0.507 e. The van der Waals surface area contributed by atoms with Crippen LogP contribution >= 0.6 is 0 Å². The van der Waals surface area contributed by atoms with E-state index in [9.17, 15) is 9.90 Å². The number of phenols is 1. The van der Waals surface area contributed by atoms with Gasteiger partial charge >= 0.3 is 0 Å². The van der Waals surface area contributed by atoms with Gasteiger partial charge in [-0.15, -0.1) is 0 Å². The van der Waals surface area contributed by atoms with Crippen molar-refractivity contribution in [2.75, 3.05) is 26.3 Å². The summed E-state index contributed by atoms with van der Waals surface area (Å²) >= 11 is 0. The maximum atomic E-state index is 10.5. The summed E-state index contributed by atoms with van der Waals surface area (Å²) in [5, 5.41) is 9.55. The van der Waals surface area contributed by atoms with E-state index in [2.05, 4.69) is 4.90 Å². The second-order valence-electron chi connectivity index (χ2n) is 3.90. The lowest BCUT2D eigenvalue weighted by Crippen LogP contribution is -2.35. The zero-order valence-electron chi connectivity index (χ0n) is 9.06. The van der Waals surface area contributed by atoms with Gasteiger partial charge in [-0.3, -0.25) is 9.69 Å². The van der Waals surface area contributed by atoms with E-state index in [4.69, 9.17) is 4.74 Å². The Morgan fingerprint density at radius 2 is 2.12 bits per heavy atom. The Hall–Kier alpha value is -1.39. The van der Waals surface area contributed by atoms with Crippen LogP contribution in [0.4, 0.5) is 0 Å². The van der Waals surface area contributed by atoms with E-state index in [1.807, 2.05) is 6.07 Å². The van der Waals surface area contributed by atoms with E-state index in [1.165, 1.54) is 0 Å². The second-order valence-corrected chi connectivity index (χ2v) is 3.90. The van der Waals surface area contributed by atoms with Crippen LogP contribution in [-0.4, -0.2) is 42.6 Å². The van der Waals surface area contributed by atoms with Gasteiger partial charge in [0.15, 0.2) is 6.29 Å². The summed E-state index contributed by atoms with van der Waals surface area (Å²) in [5.41, 5.74) is 1.36. The van der Waals surface area contributed by atoms with Crippen LogP contribution in [-0.2, 0) is 11.3 Å². The minimum atomic E-state index is 0.0563. The van der Waals surface area contributed by atoms with Gasteiger partial charge in [0.1, 0.15) is 5.75 Å². The highest BCUT2D eigenvalue weighted by Gasteiger charge is 2.11. The molecule has 1 saturated heterocycles. The summed E-state index contributed by atoms with van der Waals surface area (Å²) in [6.07, 6.45) is 0.661. The summed E-state index contributed by atoms with van der Waals surface area (Å²) in [5.74, 6) is 0.0563. The quantitative estimate of drug-likeness (QED) is 0.775. The fraction of sp³-hybridized carbons (Fsp3) is 0.417. The maximum absolute atomic E-state index is 10.5. The number of phenolic OH excluding ortho intramolecular Hbond substituents is 1. The zero-order chi connectivity index (χ0) is 11.4. The van der Waals surface area contributed by atoms with Crippen LogP contribution in [0, 0.1) is 0 Å². The van der Waals surface area contributed by atoms with Crippen molar-refractivity contribution >= 4 is 6.29 Å². The molecule has 1 aliphatic heterocycles. The number of hydrogen-bond acceptors (Lipinski definition) is 4. The first-order chi connectivity index (χ1) is 7.79. The van der Waals surface area contributed by atoms with Crippen molar-refractivity contribution in [1.29, 1.82) is 0 Å². The Kier molecular flexibility index (Phi) is 3.54. The van der Waals surface area contributed by atoms with Gasteiger partial charge in [0, 0.05) is 19.6 Å². The molecule has 1 aromatic rings. The molecule has 4 nitrogen and oxygen atoms in total. The second kappa shape index (κ2) is 5.09. The molecule has 0 aliphatic carbocycles. The topological polar surface area (TPSA) is 49.8 Å². The standard InChI is InChI=1S/C12H15NO3/c14-9-11-2-1-10(7-12(11)15)8-13-3-5-16-6-4-13/h1-2,7,9,15H,3-6,8H2. The minimum absolute atomic E-state index is 0.0563. The number of nitrogens with zero attached hydrogens (tertiary/aromatic N) is 1. The lowest BCUT2D eigenvalue weighted by atomic mass is 10.1. The fourth-order valence-corrected chi connectivity index (χ4v) is 1.80. The highest BCUT2D eigenvalue weighted by Crippen LogP contribution is 2.18. The van der Waals surface area contributed by atoms with E-state index >= 15 is 0 Å². The molecule has 1 aliphatic rings. The summed E-state index contributed by atoms with van der Waals surface area (Å²) in [6, 6.07) is 5.18. The van der Waals surface area contributed by atoms with Gasteiger partial charge in [0.2, 0.25) is 0 Å². The van der Waals surface area contributed by atoms with E-state index in [1.54, 1.807) is 12.1 Å². The smallest absolute Gasteiger partial charge is 0.153 e. The van der Waals surface area contributed by atoms with Crippen molar-refractivity contribution in [3.8, 4) is 5.75 Å². The van der Waals surface area contributed by atoms with Crippen LogP contribution in [0.3, 0.4) is 0 Å². The molecule has 1 heterocycles. The molecule has 0 bridgehead atoms. The lowest BCUT2D eigenvalue weighted by Gasteiger charge is -2.26. The van der Waals surface area contributed by atoms with E-state index in [-0.39, 0.29) is 5.75 Å². The highest BCUT2D eigenvalue weighted by molar-refractivity contribution is 5.79. The van der Waals surface area contributed by atoms with E-state index < -0.39 is 0 Å². The van der Waals surface area contributed by atoms with Crippen molar-refractivity contribution < 1.29 is 14.6 Å².